The number of halogens is 1. The van der Waals surface area contributed by atoms with Crippen LogP contribution < -0.4 is 11.1 Å². The smallest absolute Gasteiger partial charge is 0.229 e. The highest BCUT2D eigenvalue weighted by Gasteiger charge is 2.06. The number of nitrogens with two attached hydrogens (primary N) is 1. The van der Waals surface area contributed by atoms with Crippen molar-refractivity contribution in [3.63, 3.8) is 0 Å². The maximum Gasteiger partial charge on any atom is 0.229 e. The summed E-state index contributed by atoms with van der Waals surface area (Å²) in [6, 6.07) is 9.07. The Hall–Kier alpha value is -1.80. The lowest BCUT2D eigenvalue weighted by molar-refractivity contribution is -0.115. The van der Waals surface area contributed by atoms with Crippen LogP contribution in [0.1, 0.15) is 10.4 Å². The van der Waals surface area contributed by atoms with Crippen molar-refractivity contribution in [3.8, 4) is 11.8 Å². The van der Waals surface area contributed by atoms with E-state index in [0.717, 1.165) is 4.88 Å². The highest BCUT2D eigenvalue weighted by molar-refractivity contribution is 7.10. The predicted octanol–water partition coefficient (Wildman–Crippen LogP) is 2.89. The molecule has 0 spiro atoms. The summed E-state index contributed by atoms with van der Waals surface area (Å²) in [6.45, 7) is 0.269. The van der Waals surface area contributed by atoms with Crippen LogP contribution in [0, 0.1) is 11.8 Å². The third-order valence-electron chi connectivity index (χ3n) is 2.49. The Morgan fingerprint density at radius 3 is 2.95 bits per heavy atom. The average molecular weight is 305 g/mol. The Morgan fingerprint density at radius 1 is 1.40 bits per heavy atom. The summed E-state index contributed by atoms with van der Waals surface area (Å²) in [6.07, 6.45) is 0.365. The highest BCUT2D eigenvalue weighted by Crippen LogP contribution is 2.20. The molecule has 3 nitrogen and oxygen atoms in total. The molecule has 0 fully saturated rings. The first-order chi connectivity index (χ1) is 9.69. The fourth-order valence-corrected chi connectivity index (χ4v) is 2.49. The van der Waals surface area contributed by atoms with E-state index in [9.17, 15) is 4.79 Å². The molecular weight excluding hydrogens is 292 g/mol. The Bertz CT molecular complexity index is 656. The monoisotopic (exact) mass is 304 g/mol. The number of amides is 1. The third-order valence-corrected chi connectivity index (χ3v) is 3.70. The van der Waals surface area contributed by atoms with E-state index in [0.29, 0.717) is 22.7 Å². The standard InChI is InChI=1S/C15H13ClN2OS/c16-14-6-5-12(9-11(14)3-1-7-17)18-15(19)10-13-4-2-8-20-13/h2,4-6,8-9H,7,10,17H2,(H,18,19). The molecule has 1 heterocycles. The number of thiophene rings is 1. The molecule has 0 saturated heterocycles. The average Bonchev–Trinajstić information content (AvgIpc) is 2.92. The first-order valence-electron chi connectivity index (χ1n) is 6.00. The molecule has 0 aliphatic heterocycles. The topological polar surface area (TPSA) is 55.1 Å². The van der Waals surface area contributed by atoms with Crippen LogP contribution in [0.15, 0.2) is 35.7 Å². The maximum absolute atomic E-state index is 11.9. The molecule has 0 atom stereocenters. The van der Waals surface area contributed by atoms with Crippen LogP contribution in [-0.2, 0) is 11.2 Å². The first kappa shape index (κ1) is 14.6. The molecule has 3 N–H and O–H groups in total. The van der Waals surface area contributed by atoms with E-state index >= 15 is 0 Å². The van der Waals surface area contributed by atoms with Gasteiger partial charge in [-0.2, -0.15) is 0 Å². The molecule has 20 heavy (non-hydrogen) atoms. The number of rotatable bonds is 3. The molecule has 0 aliphatic carbocycles. The number of carbonyl (C=O) groups excluding carboxylic acids is 1. The maximum atomic E-state index is 11.9. The zero-order valence-electron chi connectivity index (χ0n) is 10.7. The normalized spacial score (nSPS) is 9.70. The Labute approximate surface area is 126 Å². The second-order valence-corrected chi connectivity index (χ2v) is 5.44. The van der Waals surface area contributed by atoms with Crippen molar-refractivity contribution in [2.45, 2.75) is 6.42 Å². The molecule has 0 bridgehead atoms. The summed E-state index contributed by atoms with van der Waals surface area (Å²) in [5, 5.41) is 5.33. The number of anilines is 1. The fourth-order valence-electron chi connectivity index (χ4n) is 1.62. The van der Waals surface area contributed by atoms with Crippen molar-refractivity contribution in [1.29, 1.82) is 0 Å². The van der Waals surface area contributed by atoms with Gasteiger partial charge in [0.2, 0.25) is 5.91 Å². The van der Waals surface area contributed by atoms with Gasteiger partial charge in [0.15, 0.2) is 0 Å². The van der Waals surface area contributed by atoms with E-state index in [4.69, 9.17) is 17.3 Å². The van der Waals surface area contributed by atoms with Gasteiger partial charge in [-0.15, -0.1) is 11.3 Å². The summed E-state index contributed by atoms with van der Waals surface area (Å²) in [7, 11) is 0. The number of benzene rings is 1. The van der Waals surface area contributed by atoms with Crippen LogP contribution in [0.2, 0.25) is 5.02 Å². The predicted molar refractivity (Wildman–Crippen MR) is 84.0 cm³/mol. The van der Waals surface area contributed by atoms with E-state index in [1.807, 2.05) is 17.5 Å². The van der Waals surface area contributed by atoms with Crippen LogP contribution in [0.25, 0.3) is 0 Å². The van der Waals surface area contributed by atoms with Gasteiger partial charge in [0.25, 0.3) is 0 Å². The Morgan fingerprint density at radius 2 is 2.25 bits per heavy atom. The summed E-state index contributed by atoms with van der Waals surface area (Å²) >= 11 is 7.59. The molecule has 102 valence electrons. The lowest BCUT2D eigenvalue weighted by Crippen LogP contribution is -2.13. The summed E-state index contributed by atoms with van der Waals surface area (Å²) in [4.78, 5) is 12.9. The van der Waals surface area contributed by atoms with Crippen molar-refractivity contribution < 1.29 is 4.79 Å². The zero-order chi connectivity index (χ0) is 14.4. The molecule has 2 rings (SSSR count). The van der Waals surface area contributed by atoms with E-state index in [-0.39, 0.29) is 12.5 Å². The SMILES string of the molecule is NCC#Cc1cc(NC(=O)Cc2cccs2)ccc1Cl. The van der Waals surface area contributed by atoms with Crippen LogP contribution in [0.4, 0.5) is 5.69 Å². The van der Waals surface area contributed by atoms with Crippen LogP contribution in [0.3, 0.4) is 0 Å². The molecule has 0 unspecified atom stereocenters. The Balaban J connectivity index is 2.07. The van der Waals surface area contributed by atoms with Crippen molar-refractivity contribution in [3.05, 3.63) is 51.2 Å². The van der Waals surface area contributed by atoms with Gasteiger partial charge in [0, 0.05) is 16.1 Å². The van der Waals surface area contributed by atoms with Gasteiger partial charge >= 0.3 is 0 Å². The molecule has 1 amide bonds. The van der Waals surface area contributed by atoms with Crippen molar-refractivity contribution in [2.24, 2.45) is 5.73 Å². The molecule has 5 heteroatoms. The Kier molecular flexibility index (Phi) is 5.19. The molecule has 0 radical (unpaired) electrons. The minimum absolute atomic E-state index is 0.0625. The molecule has 0 saturated carbocycles. The van der Waals surface area contributed by atoms with E-state index < -0.39 is 0 Å². The van der Waals surface area contributed by atoms with Crippen molar-refractivity contribution >= 4 is 34.5 Å². The molecule has 0 aliphatic rings. The fraction of sp³-hybridized carbons (Fsp3) is 0.133. The summed E-state index contributed by atoms with van der Waals surface area (Å²) in [5.74, 6) is 5.56. The number of hydrogen-bond acceptors (Lipinski definition) is 3. The van der Waals surface area contributed by atoms with Gasteiger partial charge in [0.05, 0.1) is 18.0 Å². The van der Waals surface area contributed by atoms with Crippen molar-refractivity contribution in [2.75, 3.05) is 11.9 Å². The molecular formula is C15H13ClN2OS. The molecule has 1 aromatic heterocycles. The van der Waals surface area contributed by atoms with E-state index in [1.54, 1.807) is 29.5 Å². The van der Waals surface area contributed by atoms with Gasteiger partial charge in [-0.25, -0.2) is 0 Å². The molecule has 1 aromatic carbocycles. The van der Waals surface area contributed by atoms with E-state index in [2.05, 4.69) is 17.2 Å². The second-order valence-electron chi connectivity index (χ2n) is 4.00. The quantitative estimate of drug-likeness (QED) is 0.857. The van der Waals surface area contributed by atoms with Crippen molar-refractivity contribution in [1.82, 2.24) is 0 Å². The van der Waals surface area contributed by atoms with Gasteiger partial charge < -0.3 is 11.1 Å². The number of nitrogens with one attached hydrogen (secondary N) is 1. The first-order valence-corrected chi connectivity index (χ1v) is 7.25. The molecule has 2 aromatic rings. The van der Waals surface area contributed by atoms with Gasteiger partial charge in [-0.1, -0.05) is 29.5 Å². The lowest BCUT2D eigenvalue weighted by Gasteiger charge is -2.06. The third kappa shape index (κ3) is 4.10. The number of hydrogen-bond donors (Lipinski definition) is 2. The van der Waals surface area contributed by atoms with Crippen LogP contribution >= 0.6 is 22.9 Å². The van der Waals surface area contributed by atoms with Gasteiger partial charge in [0.1, 0.15) is 0 Å². The lowest BCUT2D eigenvalue weighted by atomic mass is 10.2. The van der Waals surface area contributed by atoms with Crippen LogP contribution in [0.5, 0.6) is 0 Å². The number of carbonyl (C=O) groups is 1. The summed E-state index contributed by atoms with van der Waals surface area (Å²) in [5.41, 5.74) is 6.67. The zero-order valence-corrected chi connectivity index (χ0v) is 12.2. The summed E-state index contributed by atoms with van der Waals surface area (Å²) < 4.78 is 0. The van der Waals surface area contributed by atoms with Gasteiger partial charge in [-0.05, 0) is 29.6 Å². The minimum Gasteiger partial charge on any atom is -0.326 e. The largest absolute Gasteiger partial charge is 0.326 e. The minimum atomic E-state index is -0.0625. The van der Waals surface area contributed by atoms with E-state index in [1.165, 1.54) is 0 Å². The van der Waals surface area contributed by atoms with Crippen LogP contribution in [-0.4, -0.2) is 12.5 Å². The van der Waals surface area contributed by atoms with Gasteiger partial charge in [-0.3, -0.25) is 4.79 Å². The second kappa shape index (κ2) is 7.11. The highest BCUT2D eigenvalue weighted by atomic mass is 35.5.